The molecule has 0 radical (unpaired) electrons. The number of rotatable bonds is 5. The smallest absolute Gasteiger partial charge is 0.239 e. The van der Waals surface area contributed by atoms with Crippen molar-refractivity contribution in [2.24, 2.45) is 7.05 Å². The fourth-order valence-electron chi connectivity index (χ4n) is 1.93. The molecule has 0 spiro atoms. The van der Waals surface area contributed by atoms with Crippen LogP contribution in [0.25, 0.3) is 11.4 Å². The van der Waals surface area contributed by atoms with E-state index in [1.165, 1.54) is 23.1 Å². The Morgan fingerprint density at radius 1 is 1.33 bits per heavy atom. The van der Waals surface area contributed by atoms with Gasteiger partial charge < -0.3 is 4.57 Å². The predicted octanol–water partition coefficient (Wildman–Crippen LogP) is 2.16. The maximum atomic E-state index is 12.3. The summed E-state index contributed by atoms with van der Waals surface area (Å²) in [5.74, 6) is 0.556. The number of aromatic nitrogens is 6. The van der Waals surface area contributed by atoms with Crippen molar-refractivity contribution in [3.05, 3.63) is 29.5 Å². The number of carbonyl (C=O) groups is 1. The third kappa shape index (κ3) is 3.60. The highest BCUT2D eigenvalue weighted by molar-refractivity contribution is 8.00. The van der Waals surface area contributed by atoms with E-state index in [-0.39, 0.29) is 11.2 Å². The Kier molecular flexibility index (Phi) is 4.86. The lowest BCUT2D eigenvalue weighted by Gasteiger charge is -2.09. The Hall–Kier alpha value is -2.33. The number of thioether (sulfide) groups is 1. The molecule has 1 unspecified atom stereocenters. The molecule has 0 aliphatic carbocycles. The lowest BCUT2D eigenvalue weighted by atomic mass is 10.3. The van der Waals surface area contributed by atoms with Gasteiger partial charge in [-0.25, -0.2) is 0 Å². The molecule has 1 N–H and O–H groups in total. The van der Waals surface area contributed by atoms with E-state index in [1.54, 1.807) is 12.4 Å². The molecule has 10 heteroatoms. The molecule has 0 aromatic carbocycles. The molecule has 3 aromatic rings. The first-order chi connectivity index (χ1) is 11.5. The average molecular weight is 361 g/mol. The molecule has 8 nitrogen and oxygen atoms in total. The Bertz CT molecular complexity index is 846. The summed E-state index contributed by atoms with van der Waals surface area (Å²) in [5.41, 5.74) is 0.876. The average Bonchev–Trinajstić information content (AvgIpc) is 3.14. The van der Waals surface area contributed by atoms with Gasteiger partial charge in [0, 0.05) is 25.0 Å². The van der Waals surface area contributed by atoms with Gasteiger partial charge in [-0.3, -0.25) is 15.1 Å². The lowest BCUT2D eigenvalue weighted by Crippen LogP contribution is -2.22. The van der Waals surface area contributed by atoms with E-state index < -0.39 is 0 Å². The first-order valence-corrected chi connectivity index (χ1v) is 8.81. The van der Waals surface area contributed by atoms with Gasteiger partial charge in [-0.2, -0.15) is 0 Å². The molecular weight excluding hydrogens is 346 g/mol. The zero-order valence-corrected chi connectivity index (χ0v) is 14.9. The van der Waals surface area contributed by atoms with E-state index >= 15 is 0 Å². The summed E-state index contributed by atoms with van der Waals surface area (Å²) in [5, 5.41) is 20.5. The molecule has 3 rings (SSSR count). The number of amides is 1. The van der Waals surface area contributed by atoms with Crippen LogP contribution in [0.4, 0.5) is 5.13 Å². The van der Waals surface area contributed by atoms with Crippen LogP contribution < -0.4 is 5.32 Å². The summed E-state index contributed by atoms with van der Waals surface area (Å²) in [6.45, 7) is 3.65. The van der Waals surface area contributed by atoms with Gasteiger partial charge in [0.2, 0.25) is 11.0 Å². The summed E-state index contributed by atoms with van der Waals surface area (Å²) in [6, 6.07) is 3.76. The number of aryl methyl sites for hydroxylation is 1. The van der Waals surface area contributed by atoms with E-state index in [2.05, 4.69) is 30.7 Å². The Morgan fingerprint density at radius 3 is 2.83 bits per heavy atom. The van der Waals surface area contributed by atoms with Crippen LogP contribution in [0.15, 0.2) is 29.7 Å². The van der Waals surface area contributed by atoms with Crippen molar-refractivity contribution in [1.82, 2.24) is 29.9 Å². The molecule has 0 fully saturated rings. The molecule has 124 valence electrons. The van der Waals surface area contributed by atoms with Crippen LogP contribution in [0.3, 0.4) is 0 Å². The van der Waals surface area contributed by atoms with Crippen LogP contribution in [0.5, 0.6) is 0 Å². The van der Waals surface area contributed by atoms with Gasteiger partial charge >= 0.3 is 0 Å². The maximum Gasteiger partial charge on any atom is 0.239 e. The molecule has 0 aliphatic heterocycles. The molecule has 3 heterocycles. The molecule has 1 atom stereocenters. The fourth-order valence-corrected chi connectivity index (χ4v) is 3.34. The summed E-state index contributed by atoms with van der Waals surface area (Å²) in [7, 11) is 1.86. The molecule has 0 aliphatic rings. The van der Waals surface area contributed by atoms with Crippen LogP contribution in [0.1, 0.15) is 11.9 Å². The number of nitrogens with one attached hydrogen (secondary N) is 1. The molecule has 0 saturated heterocycles. The van der Waals surface area contributed by atoms with E-state index in [0.29, 0.717) is 16.1 Å². The second-order valence-corrected chi connectivity index (χ2v) is 7.47. The third-order valence-electron chi connectivity index (χ3n) is 3.16. The van der Waals surface area contributed by atoms with Crippen LogP contribution >= 0.6 is 23.1 Å². The Balaban J connectivity index is 1.69. The second kappa shape index (κ2) is 7.05. The Morgan fingerprint density at radius 2 is 2.17 bits per heavy atom. The van der Waals surface area contributed by atoms with E-state index in [9.17, 15) is 4.79 Å². The van der Waals surface area contributed by atoms with Crippen LogP contribution in [0.2, 0.25) is 0 Å². The molecule has 0 bridgehead atoms. The first-order valence-electron chi connectivity index (χ1n) is 7.12. The number of hydrogen-bond donors (Lipinski definition) is 1. The Labute approximate surface area is 146 Å². The number of pyridine rings is 1. The minimum Gasteiger partial charge on any atom is -0.305 e. The highest BCUT2D eigenvalue weighted by Crippen LogP contribution is 2.26. The monoisotopic (exact) mass is 361 g/mol. The van der Waals surface area contributed by atoms with Crippen molar-refractivity contribution >= 4 is 34.1 Å². The predicted molar refractivity (Wildman–Crippen MR) is 92.8 cm³/mol. The summed E-state index contributed by atoms with van der Waals surface area (Å²) < 4.78 is 1.85. The zero-order valence-electron chi connectivity index (χ0n) is 13.3. The van der Waals surface area contributed by atoms with E-state index in [4.69, 9.17) is 0 Å². The van der Waals surface area contributed by atoms with Crippen molar-refractivity contribution in [2.45, 2.75) is 24.3 Å². The number of hydrogen-bond acceptors (Lipinski definition) is 8. The second-order valence-electron chi connectivity index (χ2n) is 4.98. The van der Waals surface area contributed by atoms with Gasteiger partial charge in [-0.1, -0.05) is 23.1 Å². The SMILES string of the molecule is Cc1nnc(NC(=O)C(C)Sc2nnc(-c3cccnc3)n2C)s1. The lowest BCUT2D eigenvalue weighted by molar-refractivity contribution is -0.115. The summed E-state index contributed by atoms with van der Waals surface area (Å²) in [6.07, 6.45) is 3.43. The maximum absolute atomic E-state index is 12.3. The normalized spacial score (nSPS) is 12.1. The molecule has 24 heavy (non-hydrogen) atoms. The largest absolute Gasteiger partial charge is 0.305 e. The van der Waals surface area contributed by atoms with Gasteiger partial charge in [0.05, 0.1) is 5.25 Å². The van der Waals surface area contributed by atoms with Crippen molar-refractivity contribution in [3.63, 3.8) is 0 Å². The standard InChI is InChI=1S/C14H15N7OS2/c1-8(12(22)16-13-19-17-9(2)24-13)23-14-20-18-11(21(14)3)10-5-4-6-15-7-10/h4-8H,1-3H3,(H,16,19,22). The van der Waals surface area contributed by atoms with Gasteiger partial charge in [0.15, 0.2) is 11.0 Å². The quantitative estimate of drug-likeness (QED) is 0.695. The molecule has 1 amide bonds. The summed E-state index contributed by atoms with van der Waals surface area (Å²) >= 11 is 2.67. The van der Waals surface area contributed by atoms with Gasteiger partial charge in [0.1, 0.15) is 5.01 Å². The van der Waals surface area contributed by atoms with Crippen molar-refractivity contribution in [1.29, 1.82) is 0 Å². The zero-order chi connectivity index (χ0) is 17.1. The number of anilines is 1. The van der Waals surface area contributed by atoms with Gasteiger partial charge in [-0.15, -0.1) is 20.4 Å². The number of carbonyl (C=O) groups excluding carboxylic acids is 1. The minimum absolute atomic E-state index is 0.151. The van der Waals surface area contributed by atoms with Crippen molar-refractivity contribution < 1.29 is 4.79 Å². The first kappa shape index (κ1) is 16.5. The fraction of sp³-hybridized carbons (Fsp3) is 0.286. The van der Waals surface area contributed by atoms with Crippen molar-refractivity contribution in [3.8, 4) is 11.4 Å². The molecule has 3 aromatic heterocycles. The van der Waals surface area contributed by atoms with E-state index in [1.807, 2.05) is 37.6 Å². The molecule has 0 saturated carbocycles. The van der Waals surface area contributed by atoms with Crippen LogP contribution in [0, 0.1) is 6.92 Å². The summed E-state index contributed by atoms with van der Waals surface area (Å²) in [4.78, 5) is 16.3. The van der Waals surface area contributed by atoms with Crippen molar-refractivity contribution in [2.75, 3.05) is 5.32 Å². The number of nitrogens with zero attached hydrogens (tertiary/aromatic N) is 6. The highest BCUT2D eigenvalue weighted by atomic mass is 32.2. The highest BCUT2D eigenvalue weighted by Gasteiger charge is 2.20. The van der Waals surface area contributed by atoms with Gasteiger partial charge in [-0.05, 0) is 26.0 Å². The third-order valence-corrected chi connectivity index (χ3v) is 5.05. The topological polar surface area (TPSA) is 98.5 Å². The van der Waals surface area contributed by atoms with Gasteiger partial charge in [0.25, 0.3) is 0 Å². The van der Waals surface area contributed by atoms with E-state index in [0.717, 1.165) is 10.6 Å². The minimum atomic E-state index is -0.348. The van der Waals surface area contributed by atoms with Crippen LogP contribution in [-0.2, 0) is 11.8 Å². The molecular formula is C14H15N7OS2. The van der Waals surface area contributed by atoms with Crippen LogP contribution in [-0.4, -0.2) is 41.1 Å².